The van der Waals surface area contributed by atoms with E-state index in [-0.39, 0.29) is 17.0 Å². The van der Waals surface area contributed by atoms with Crippen molar-refractivity contribution >= 4 is 29.0 Å². The number of carbonyl (C=O) groups excluding carboxylic acids is 2. The fourth-order valence-corrected chi connectivity index (χ4v) is 2.63. The van der Waals surface area contributed by atoms with Crippen molar-refractivity contribution in [1.29, 1.82) is 0 Å². The largest absolute Gasteiger partial charge is 0.321 e. The van der Waals surface area contributed by atoms with Gasteiger partial charge in [-0.2, -0.15) is 0 Å². The minimum atomic E-state index is -0.995. The Morgan fingerprint density at radius 1 is 0.846 bits per heavy atom. The molecule has 6 heteroatoms. The summed E-state index contributed by atoms with van der Waals surface area (Å²) in [5.41, 5.74) is -0.104. The summed E-state index contributed by atoms with van der Waals surface area (Å²) in [5.74, 6) is -3.36. The number of benzene rings is 3. The van der Waals surface area contributed by atoms with Gasteiger partial charge >= 0.3 is 0 Å². The van der Waals surface area contributed by atoms with Gasteiger partial charge in [0.15, 0.2) is 5.78 Å². The topological polar surface area (TPSA) is 46.2 Å². The van der Waals surface area contributed by atoms with Crippen molar-refractivity contribution in [2.24, 2.45) is 0 Å². The number of amides is 1. The molecular formula is C20H12ClF2NO2. The molecule has 0 radical (unpaired) electrons. The van der Waals surface area contributed by atoms with E-state index in [1.807, 2.05) is 0 Å². The van der Waals surface area contributed by atoms with E-state index in [1.54, 1.807) is 30.3 Å². The summed E-state index contributed by atoms with van der Waals surface area (Å²) in [6.07, 6.45) is 0. The van der Waals surface area contributed by atoms with Crippen molar-refractivity contribution in [2.45, 2.75) is 0 Å². The first-order chi connectivity index (χ1) is 12.5. The van der Waals surface area contributed by atoms with Gasteiger partial charge in [0.1, 0.15) is 17.2 Å². The van der Waals surface area contributed by atoms with Gasteiger partial charge in [-0.1, -0.05) is 48.0 Å². The molecule has 0 aliphatic carbocycles. The lowest BCUT2D eigenvalue weighted by Gasteiger charge is -2.12. The summed E-state index contributed by atoms with van der Waals surface area (Å²) in [5, 5.41) is 2.68. The third-order valence-electron chi connectivity index (χ3n) is 3.70. The maximum Gasteiger partial charge on any atom is 0.261 e. The lowest BCUT2D eigenvalue weighted by atomic mass is 10.0. The Balaban J connectivity index is 1.99. The fraction of sp³-hybridized carbons (Fsp3) is 0. The molecule has 0 bridgehead atoms. The number of carbonyl (C=O) groups is 2. The molecule has 0 spiro atoms. The predicted octanol–water partition coefficient (Wildman–Crippen LogP) is 5.10. The average Bonchev–Trinajstić information content (AvgIpc) is 2.63. The molecule has 3 aromatic carbocycles. The molecule has 130 valence electrons. The van der Waals surface area contributed by atoms with Gasteiger partial charge in [0.2, 0.25) is 0 Å². The summed E-state index contributed by atoms with van der Waals surface area (Å²) < 4.78 is 27.6. The van der Waals surface area contributed by atoms with Crippen molar-refractivity contribution in [2.75, 3.05) is 5.32 Å². The zero-order valence-corrected chi connectivity index (χ0v) is 14.1. The first kappa shape index (κ1) is 17.8. The number of ketones is 1. The molecule has 0 unspecified atom stereocenters. The van der Waals surface area contributed by atoms with Crippen LogP contribution in [0.15, 0.2) is 66.7 Å². The lowest BCUT2D eigenvalue weighted by Crippen LogP contribution is -2.18. The SMILES string of the molecule is O=C(c1ccccc1)c1cc(Cl)ccc1NC(=O)c1c(F)cccc1F. The van der Waals surface area contributed by atoms with Crippen LogP contribution in [0.25, 0.3) is 0 Å². The Hall–Kier alpha value is -3.05. The highest BCUT2D eigenvalue weighted by Crippen LogP contribution is 2.25. The molecule has 0 aliphatic rings. The summed E-state index contributed by atoms with van der Waals surface area (Å²) >= 11 is 5.97. The quantitative estimate of drug-likeness (QED) is 0.648. The van der Waals surface area contributed by atoms with Crippen molar-refractivity contribution in [3.8, 4) is 0 Å². The highest BCUT2D eigenvalue weighted by Gasteiger charge is 2.20. The molecule has 3 aromatic rings. The molecule has 0 saturated carbocycles. The molecular weight excluding hydrogens is 360 g/mol. The standard InChI is InChI=1S/C20H12ClF2NO2/c21-13-9-10-17(14(11-13)19(25)12-5-2-1-3-6-12)24-20(26)18-15(22)7-4-8-16(18)23/h1-11H,(H,24,26). The van der Waals surface area contributed by atoms with Crippen LogP contribution in [0.1, 0.15) is 26.3 Å². The van der Waals surface area contributed by atoms with E-state index >= 15 is 0 Å². The van der Waals surface area contributed by atoms with E-state index in [9.17, 15) is 18.4 Å². The molecule has 1 N–H and O–H groups in total. The lowest BCUT2D eigenvalue weighted by molar-refractivity contribution is 0.101. The number of anilines is 1. The van der Waals surface area contributed by atoms with Crippen LogP contribution in [0.5, 0.6) is 0 Å². The van der Waals surface area contributed by atoms with E-state index in [2.05, 4.69) is 5.32 Å². The highest BCUT2D eigenvalue weighted by atomic mass is 35.5. The molecule has 0 saturated heterocycles. The fourth-order valence-electron chi connectivity index (χ4n) is 2.46. The van der Waals surface area contributed by atoms with Crippen LogP contribution >= 0.6 is 11.6 Å². The summed E-state index contributed by atoms with van der Waals surface area (Å²) in [4.78, 5) is 25.0. The monoisotopic (exact) mass is 371 g/mol. The second-order valence-corrected chi connectivity index (χ2v) is 5.87. The maximum atomic E-state index is 13.8. The maximum absolute atomic E-state index is 13.8. The number of hydrogen-bond acceptors (Lipinski definition) is 2. The molecule has 0 aliphatic heterocycles. The Morgan fingerprint density at radius 2 is 1.50 bits per heavy atom. The van der Waals surface area contributed by atoms with E-state index < -0.39 is 23.1 Å². The zero-order chi connectivity index (χ0) is 18.7. The van der Waals surface area contributed by atoms with Crippen LogP contribution in [-0.4, -0.2) is 11.7 Å². The Bertz CT molecular complexity index is 970. The van der Waals surface area contributed by atoms with E-state index in [1.165, 1.54) is 18.2 Å². The van der Waals surface area contributed by atoms with Gasteiger partial charge in [-0.15, -0.1) is 0 Å². The van der Waals surface area contributed by atoms with Gasteiger partial charge in [-0.25, -0.2) is 8.78 Å². The Kier molecular flexibility index (Phi) is 5.09. The van der Waals surface area contributed by atoms with Crippen LogP contribution in [0.2, 0.25) is 5.02 Å². The van der Waals surface area contributed by atoms with Crippen molar-refractivity contribution < 1.29 is 18.4 Å². The molecule has 1 amide bonds. The summed E-state index contributed by atoms with van der Waals surface area (Å²) in [6, 6.07) is 15.8. The van der Waals surface area contributed by atoms with Gasteiger partial charge in [-0.3, -0.25) is 9.59 Å². The smallest absolute Gasteiger partial charge is 0.261 e. The minimum Gasteiger partial charge on any atom is -0.321 e. The Labute approximate surface area is 153 Å². The van der Waals surface area contributed by atoms with Crippen LogP contribution < -0.4 is 5.32 Å². The number of nitrogens with one attached hydrogen (secondary N) is 1. The van der Waals surface area contributed by atoms with Crippen molar-refractivity contribution in [3.05, 3.63) is 100 Å². The normalized spacial score (nSPS) is 10.4. The van der Waals surface area contributed by atoms with Crippen molar-refractivity contribution in [1.82, 2.24) is 0 Å². The molecule has 0 heterocycles. The molecule has 3 nitrogen and oxygen atoms in total. The highest BCUT2D eigenvalue weighted by molar-refractivity contribution is 6.31. The number of halogens is 3. The van der Waals surface area contributed by atoms with Crippen molar-refractivity contribution in [3.63, 3.8) is 0 Å². The van der Waals surface area contributed by atoms with Gasteiger partial charge in [-0.05, 0) is 30.3 Å². The minimum absolute atomic E-state index is 0.107. The van der Waals surface area contributed by atoms with Gasteiger partial charge in [0.25, 0.3) is 5.91 Å². The summed E-state index contributed by atoms with van der Waals surface area (Å²) in [6.45, 7) is 0. The molecule has 0 fully saturated rings. The molecule has 0 atom stereocenters. The first-order valence-corrected chi connectivity index (χ1v) is 8.00. The number of rotatable bonds is 4. The van der Waals surface area contributed by atoms with Crippen LogP contribution in [0.3, 0.4) is 0 Å². The van der Waals surface area contributed by atoms with E-state index in [0.29, 0.717) is 10.6 Å². The van der Waals surface area contributed by atoms with Crippen LogP contribution in [0.4, 0.5) is 14.5 Å². The molecule has 0 aromatic heterocycles. The average molecular weight is 372 g/mol. The molecule has 26 heavy (non-hydrogen) atoms. The van der Waals surface area contributed by atoms with Crippen LogP contribution in [-0.2, 0) is 0 Å². The third-order valence-corrected chi connectivity index (χ3v) is 3.94. The predicted molar refractivity (Wildman–Crippen MR) is 95.6 cm³/mol. The van der Waals surface area contributed by atoms with Gasteiger partial charge in [0, 0.05) is 16.1 Å². The van der Waals surface area contributed by atoms with E-state index in [4.69, 9.17) is 11.6 Å². The first-order valence-electron chi connectivity index (χ1n) is 7.62. The van der Waals surface area contributed by atoms with Gasteiger partial charge in [0.05, 0.1) is 5.69 Å². The Morgan fingerprint density at radius 3 is 2.15 bits per heavy atom. The van der Waals surface area contributed by atoms with Gasteiger partial charge < -0.3 is 5.32 Å². The second-order valence-electron chi connectivity index (χ2n) is 5.44. The van der Waals surface area contributed by atoms with Crippen LogP contribution in [0, 0.1) is 11.6 Å². The van der Waals surface area contributed by atoms with E-state index in [0.717, 1.165) is 18.2 Å². The summed E-state index contributed by atoms with van der Waals surface area (Å²) in [7, 11) is 0. The third kappa shape index (κ3) is 3.63. The molecule has 3 rings (SSSR count). The zero-order valence-electron chi connectivity index (χ0n) is 13.3. The second kappa shape index (κ2) is 7.45. The number of hydrogen-bond donors (Lipinski definition) is 1.